The lowest BCUT2D eigenvalue weighted by molar-refractivity contribution is 0.791. The lowest BCUT2D eigenvalue weighted by Crippen LogP contribution is -2.02. The molecule has 0 saturated heterocycles. The zero-order chi connectivity index (χ0) is 15.0. The molecule has 0 saturated carbocycles. The highest BCUT2D eigenvalue weighted by atomic mass is 35.5. The SMILES string of the molecule is Nc1c(Cl)cccc1-c1nnnn1-c1ccc(Cl)cc1Cl. The van der Waals surface area contributed by atoms with E-state index in [-0.39, 0.29) is 0 Å². The molecule has 0 fully saturated rings. The molecule has 0 aliphatic rings. The number of rotatable bonds is 2. The van der Waals surface area contributed by atoms with Gasteiger partial charge in [-0.25, -0.2) is 0 Å². The number of hydrogen-bond acceptors (Lipinski definition) is 4. The van der Waals surface area contributed by atoms with Gasteiger partial charge in [0.15, 0.2) is 5.82 Å². The van der Waals surface area contributed by atoms with Crippen molar-refractivity contribution < 1.29 is 0 Å². The van der Waals surface area contributed by atoms with Crippen LogP contribution in [0.4, 0.5) is 5.69 Å². The predicted octanol–water partition coefficient (Wildman–Crippen LogP) is 3.87. The minimum Gasteiger partial charge on any atom is -0.397 e. The van der Waals surface area contributed by atoms with Crippen LogP contribution in [0.3, 0.4) is 0 Å². The number of hydrogen-bond donors (Lipinski definition) is 1. The van der Waals surface area contributed by atoms with Crippen molar-refractivity contribution in [2.45, 2.75) is 0 Å². The van der Waals surface area contributed by atoms with E-state index in [4.69, 9.17) is 40.5 Å². The van der Waals surface area contributed by atoms with E-state index in [1.165, 1.54) is 4.68 Å². The molecule has 0 unspecified atom stereocenters. The minimum absolute atomic E-state index is 0.403. The van der Waals surface area contributed by atoms with Crippen molar-refractivity contribution >= 4 is 40.5 Å². The summed E-state index contributed by atoms with van der Waals surface area (Å²) in [5.74, 6) is 0.444. The summed E-state index contributed by atoms with van der Waals surface area (Å²) in [6, 6.07) is 10.3. The highest BCUT2D eigenvalue weighted by Gasteiger charge is 2.16. The molecule has 0 bridgehead atoms. The summed E-state index contributed by atoms with van der Waals surface area (Å²) >= 11 is 18.1. The molecular weight excluding hydrogens is 333 g/mol. The average Bonchev–Trinajstić information content (AvgIpc) is 2.91. The normalized spacial score (nSPS) is 10.8. The van der Waals surface area contributed by atoms with Crippen LogP contribution in [0.25, 0.3) is 17.1 Å². The Morgan fingerprint density at radius 3 is 2.57 bits per heavy atom. The fraction of sp³-hybridized carbons (Fsp3) is 0. The molecule has 0 amide bonds. The zero-order valence-electron chi connectivity index (χ0n) is 10.5. The number of anilines is 1. The van der Waals surface area contributed by atoms with Crippen LogP contribution in [0.1, 0.15) is 0 Å². The van der Waals surface area contributed by atoms with Crippen molar-refractivity contribution in [3.63, 3.8) is 0 Å². The van der Waals surface area contributed by atoms with E-state index in [1.54, 1.807) is 36.4 Å². The summed E-state index contributed by atoms with van der Waals surface area (Å²) in [6.45, 7) is 0. The number of halogens is 3. The molecular formula is C13H8Cl3N5. The highest BCUT2D eigenvalue weighted by molar-refractivity contribution is 6.35. The first-order valence-electron chi connectivity index (χ1n) is 5.86. The minimum atomic E-state index is 0.403. The highest BCUT2D eigenvalue weighted by Crippen LogP contribution is 2.32. The van der Waals surface area contributed by atoms with E-state index in [0.29, 0.717) is 37.8 Å². The van der Waals surface area contributed by atoms with Crippen molar-refractivity contribution in [3.05, 3.63) is 51.5 Å². The molecule has 0 atom stereocenters. The van der Waals surface area contributed by atoms with Gasteiger partial charge in [-0.05, 0) is 40.8 Å². The van der Waals surface area contributed by atoms with Crippen LogP contribution in [0.2, 0.25) is 15.1 Å². The van der Waals surface area contributed by atoms with Gasteiger partial charge in [0.2, 0.25) is 0 Å². The number of benzene rings is 2. The van der Waals surface area contributed by atoms with Crippen molar-refractivity contribution in [1.29, 1.82) is 0 Å². The van der Waals surface area contributed by atoms with Crippen LogP contribution in [-0.4, -0.2) is 20.2 Å². The topological polar surface area (TPSA) is 69.6 Å². The maximum Gasteiger partial charge on any atom is 0.189 e. The second kappa shape index (κ2) is 5.52. The van der Waals surface area contributed by atoms with Gasteiger partial charge in [0.1, 0.15) is 0 Å². The quantitative estimate of drug-likeness (QED) is 0.719. The number of nitrogen functional groups attached to an aromatic ring is 1. The number of nitrogens with two attached hydrogens (primary N) is 1. The van der Waals surface area contributed by atoms with Crippen LogP contribution in [0.15, 0.2) is 36.4 Å². The Bertz CT molecular complexity index is 815. The smallest absolute Gasteiger partial charge is 0.189 e. The van der Waals surface area contributed by atoms with Crippen LogP contribution >= 0.6 is 34.8 Å². The molecule has 0 spiro atoms. The van der Waals surface area contributed by atoms with Gasteiger partial charge < -0.3 is 5.73 Å². The summed E-state index contributed by atoms with van der Waals surface area (Å²) < 4.78 is 1.49. The summed E-state index contributed by atoms with van der Waals surface area (Å²) in [5.41, 5.74) is 7.61. The Labute approximate surface area is 135 Å². The average molecular weight is 341 g/mol. The third-order valence-electron chi connectivity index (χ3n) is 2.90. The van der Waals surface area contributed by atoms with E-state index in [9.17, 15) is 0 Å². The molecule has 0 aliphatic heterocycles. The summed E-state index contributed by atoms with van der Waals surface area (Å²) in [5, 5.41) is 13.0. The number of para-hydroxylation sites is 1. The van der Waals surface area contributed by atoms with Crippen LogP contribution in [0.5, 0.6) is 0 Å². The first-order valence-corrected chi connectivity index (χ1v) is 6.99. The van der Waals surface area contributed by atoms with E-state index in [2.05, 4.69) is 15.5 Å². The van der Waals surface area contributed by atoms with Gasteiger partial charge in [0, 0.05) is 10.6 Å². The lowest BCUT2D eigenvalue weighted by Gasteiger charge is -2.09. The van der Waals surface area contributed by atoms with E-state index >= 15 is 0 Å². The fourth-order valence-electron chi connectivity index (χ4n) is 1.90. The largest absolute Gasteiger partial charge is 0.397 e. The standard InChI is InChI=1S/C13H8Cl3N5/c14-7-4-5-11(10(16)6-7)21-13(18-19-20-21)8-2-1-3-9(15)12(8)17/h1-6H,17H2. The van der Waals surface area contributed by atoms with Crippen LogP contribution in [-0.2, 0) is 0 Å². The summed E-state index contributed by atoms with van der Waals surface area (Å²) in [7, 11) is 0. The van der Waals surface area contributed by atoms with Crippen molar-refractivity contribution in [2.24, 2.45) is 0 Å². The van der Waals surface area contributed by atoms with Crippen LogP contribution < -0.4 is 5.73 Å². The van der Waals surface area contributed by atoms with Crippen molar-refractivity contribution in [3.8, 4) is 17.1 Å². The van der Waals surface area contributed by atoms with Gasteiger partial charge in [-0.3, -0.25) is 0 Å². The summed E-state index contributed by atoms with van der Waals surface area (Å²) in [4.78, 5) is 0. The maximum absolute atomic E-state index is 6.19. The van der Waals surface area contributed by atoms with E-state index < -0.39 is 0 Å². The monoisotopic (exact) mass is 339 g/mol. The predicted molar refractivity (Wildman–Crippen MR) is 84.0 cm³/mol. The van der Waals surface area contributed by atoms with Gasteiger partial charge >= 0.3 is 0 Å². The lowest BCUT2D eigenvalue weighted by atomic mass is 10.1. The van der Waals surface area contributed by atoms with Gasteiger partial charge in [-0.1, -0.05) is 40.9 Å². The molecule has 8 heteroatoms. The Kier molecular flexibility index (Phi) is 3.71. The molecule has 2 aromatic carbocycles. The van der Waals surface area contributed by atoms with Gasteiger partial charge in [-0.15, -0.1) is 5.10 Å². The van der Waals surface area contributed by atoms with Gasteiger partial charge in [0.25, 0.3) is 0 Å². The van der Waals surface area contributed by atoms with Crippen LogP contribution in [0, 0.1) is 0 Å². The van der Waals surface area contributed by atoms with E-state index in [0.717, 1.165) is 0 Å². The first kappa shape index (κ1) is 14.1. The number of aromatic nitrogens is 4. The Hall–Kier alpha value is -1.82. The third kappa shape index (κ3) is 2.55. The first-order chi connectivity index (χ1) is 10.1. The Morgan fingerprint density at radius 2 is 1.81 bits per heavy atom. The van der Waals surface area contributed by atoms with Gasteiger partial charge in [-0.2, -0.15) is 4.68 Å². The molecule has 21 heavy (non-hydrogen) atoms. The third-order valence-corrected chi connectivity index (χ3v) is 3.77. The molecule has 106 valence electrons. The van der Waals surface area contributed by atoms with Crippen molar-refractivity contribution in [2.75, 3.05) is 5.73 Å². The molecule has 3 rings (SSSR count). The Balaban J connectivity index is 2.20. The number of tetrazole rings is 1. The molecule has 1 aromatic heterocycles. The second-order valence-corrected chi connectivity index (χ2v) is 5.46. The second-order valence-electron chi connectivity index (χ2n) is 4.21. The molecule has 0 radical (unpaired) electrons. The van der Waals surface area contributed by atoms with Crippen molar-refractivity contribution in [1.82, 2.24) is 20.2 Å². The summed E-state index contributed by atoms with van der Waals surface area (Å²) in [6.07, 6.45) is 0. The zero-order valence-corrected chi connectivity index (χ0v) is 12.7. The van der Waals surface area contributed by atoms with E-state index in [1.807, 2.05) is 0 Å². The molecule has 0 aliphatic carbocycles. The molecule has 2 N–H and O–H groups in total. The van der Waals surface area contributed by atoms with Gasteiger partial charge in [0.05, 0.1) is 21.4 Å². The molecule has 3 aromatic rings. The number of nitrogens with zero attached hydrogens (tertiary/aromatic N) is 4. The maximum atomic E-state index is 6.19. The fourth-order valence-corrected chi connectivity index (χ4v) is 2.57. The molecule has 1 heterocycles. The molecule has 5 nitrogen and oxygen atoms in total. The Morgan fingerprint density at radius 1 is 1.00 bits per heavy atom.